The van der Waals surface area contributed by atoms with Gasteiger partial charge in [0.05, 0.1) is 7.11 Å². The number of methoxy groups -OCH3 is 1. The van der Waals surface area contributed by atoms with E-state index in [9.17, 15) is 18.8 Å². The van der Waals surface area contributed by atoms with Gasteiger partial charge in [0.2, 0.25) is 5.91 Å². The molecule has 31 heavy (non-hydrogen) atoms. The Kier molecular flexibility index (Phi) is 5.39. The van der Waals surface area contributed by atoms with Crippen molar-refractivity contribution in [2.45, 2.75) is 31.8 Å². The molecule has 8 heteroatoms. The molecule has 0 saturated carbocycles. The Morgan fingerprint density at radius 3 is 2.74 bits per heavy atom. The molecule has 1 aliphatic carbocycles. The summed E-state index contributed by atoms with van der Waals surface area (Å²) < 4.78 is 18.9. The van der Waals surface area contributed by atoms with Gasteiger partial charge in [-0.3, -0.25) is 14.5 Å². The first-order valence-electron chi connectivity index (χ1n) is 10.2. The van der Waals surface area contributed by atoms with Gasteiger partial charge in [-0.05, 0) is 48.6 Å². The Hall–Kier alpha value is -3.42. The highest BCUT2D eigenvalue weighted by Crippen LogP contribution is 2.41. The fourth-order valence-corrected chi connectivity index (χ4v) is 4.37. The third kappa shape index (κ3) is 3.52. The first-order valence-corrected chi connectivity index (χ1v) is 10.2. The number of ether oxygens (including phenoxy) is 1. The number of urea groups is 1. The second-order valence-corrected chi connectivity index (χ2v) is 7.76. The number of amides is 4. The summed E-state index contributed by atoms with van der Waals surface area (Å²) in [5.74, 6) is -1.17. The second kappa shape index (κ2) is 8.02. The molecule has 7 nitrogen and oxygen atoms in total. The van der Waals surface area contributed by atoms with Crippen LogP contribution in [0.3, 0.4) is 0 Å². The van der Waals surface area contributed by atoms with Gasteiger partial charge in [-0.2, -0.15) is 0 Å². The maximum atomic E-state index is 14.0. The van der Waals surface area contributed by atoms with Crippen LogP contribution in [-0.4, -0.2) is 47.8 Å². The van der Waals surface area contributed by atoms with E-state index >= 15 is 0 Å². The summed E-state index contributed by atoms with van der Waals surface area (Å²) in [7, 11) is 1.38. The van der Waals surface area contributed by atoms with Crippen molar-refractivity contribution < 1.29 is 23.5 Å². The minimum absolute atomic E-state index is 0.125. The van der Waals surface area contributed by atoms with Crippen molar-refractivity contribution in [3.63, 3.8) is 0 Å². The number of likely N-dealkylation sites (N-methyl/N-ethyl adjacent to an activating group) is 1. The number of imide groups is 1. The maximum Gasteiger partial charge on any atom is 0.325 e. The zero-order chi connectivity index (χ0) is 22.2. The van der Waals surface area contributed by atoms with Gasteiger partial charge in [-0.25, -0.2) is 9.18 Å². The molecule has 1 aliphatic heterocycles. The molecule has 2 aromatic carbocycles. The Morgan fingerprint density at radius 1 is 1.26 bits per heavy atom. The summed E-state index contributed by atoms with van der Waals surface area (Å²) in [6.07, 6.45) is 1.17. The van der Waals surface area contributed by atoms with E-state index in [0.29, 0.717) is 24.9 Å². The predicted molar refractivity (Wildman–Crippen MR) is 111 cm³/mol. The predicted octanol–water partition coefficient (Wildman–Crippen LogP) is 2.58. The van der Waals surface area contributed by atoms with E-state index in [1.165, 1.54) is 24.1 Å². The van der Waals surface area contributed by atoms with Crippen LogP contribution in [0.5, 0.6) is 5.75 Å². The molecule has 1 saturated heterocycles. The highest BCUT2D eigenvalue weighted by Gasteiger charge is 2.55. The fourth-order valence-electron chi connectivity index (χ4n) is 4.37. The van der Waals surface area contributed by atoms with Crippen LogP contribution >= 0.6 is 0 Å². The second-order valence-electron chi connectivity index (χ2n) is 7.76. The Balaban J connectivity index is 1.49. The van der Waals surface area contributed by atoms with Gasteiger partial charge in [0.15, 0.2) is 11.6 Å². The molecule has 4 amide bonds. The summed E-state index contributed by atoms with van der Waals surface area (Å²) in [5.41, 5.74) is 1.32. The molecule has 1 atom stereocenters. The number of aryl methyl sites for hydroxylation is 1. The first kappa shape index (κ1) is 20.8. The van der Waals surface area contributed by atoms with E-state index in [2.05, 4.69) is 5.32 Å². The minimum Gasteiger partial charge on any atom is -0.494 e. The summed E-state index contributed by atoms with van der Waals surface area (Å²) in [6.45, 7) is 1.94. The fraction of sp³-hybridized carbons (Fsp3) is 0.348. The number of carbonyl (C=O) groups is 3. The highest BCUT2D eigenvalue weighted by molar-refractivity contribution is 6.09. The van der Waals surface area contributed by atoms with Crippen LogP contribution in [0.4, 0.5) is 9.18 Å². The van der Waals surface area contributed by atoms with Crippen molar-refractivity contribution in [2.75, 3.05) is 20.2 Å². The van der Waals surface area contributed by atoms with Crippen molar-refractivity contribution in [2.24, 2.45) is 0 Å². The largest absolute Gasteiger partial charge is 0.494 e. The number of halogens is 1. The van der Waals surface area contributed by atoms with Crippen molar-refractivity contribution in [3.05, 3.63) is 65.0 Å². The molecule has 1 fully saturated rings. The maximum absolute atomic E-state index is 14.0. The molecule has 162 valence electrons. The van der Waals surface area contributed by atoms with E-state index in [4.69, 9.17) is 4.74 Å². The first-order chi connectivity index (χ1) is 14.9. The van der Waals surface area contributed by atoms with Crippen LogP contribution < -0.4 is 10.1 Å². The minimum atomic E-state index is -1.09. The lowest BCUT2D eigenvalue weighted by Gasteiger charge is -2.25. The van der Waals surface area contributed by atoms with Gasteiger partial charge in [-0.1, -0.05) is 30.3 Å². The number of hydrogen-bond acceptors (Lipinski definition) is 4. The normalized spacial score (nSPS) is 19.5. The number of nitrogens with zero attached hydrogens (tertiary/aromatic N) is 2. The lowest BCUT2D eigenvalue weighted by atomic mass is 9.92. The molecule has 1 spiro atoms. The Morgan fingerprint density at radius 2 is 2.03 bits per heavy atom. The molecular weight excluding hydrogens is 401 g/mol. The van der Waals surface area contributed by atoms with Crippen LogP contribution in [0.25, 0.3) is 0 Å². The molecule has 4 rings (SSSR count). The molecular formula is C23H24FN3O4. The smallest absolute Gasteiger partial charge is 0.325 e. The van der Waals surface area contributed by atoms with Crippen molar-refractivity contribution in [1.29, 1.82) is 0 Å². The summed E-state index contributed by atoms with van der Waals surface area (Å²) in [6, 6.07) is 11.5. The van der Waals surface area contributed by atoms with Gasteiger partial charge in [0.1, 0.15) is 12.1 Å². The van der Waals surface area contributed by atoms with Crippen LogP contribution in [0.1, 0.15) is 30.0 Å². The molecule has 1 heterocycles. The van der Waals surface area contributed by atoms with E-state index in [1.807, 2.05) is 24.3 Å². The monoisotopic (exact) mass is 425 g/mol. The third-order valence-electron chi connectivity index (χ3n) is 6.04. The van der Waals surface area contributed by atoms with Crippen molar-refractivity contribution in [3.8, 4) is 5.75 Å². The number of benzene rings is 2. The van der Waals surface area contributed by atoms with E-state index in [1.54, 1.807) is 13.0 Å². The van der Waals surface area contributed by atoms with Gasteiger partial charge >= 0.3 is 6.03 Å². The van der Waals surface area contributed by atoms with E-state index in [0.717, 1.165) is 16.0 Å². The zero-order valence-electron chi connectivity index (χ0n) is 17.5. The third-order valence-corrected chi connectivity index (χ3v) is 6.04. The van der Waals surface area contributed by atoms with Crippen LogP contribution in [-0.2, 0) is 28.1 Å². The number of rotatable bonds is 6. The Labute approximate surface area is 179 Å². The van der Waals surface area contributed by atoms with E-state index in [-0.39, 0.29) is 24.7 Å². The zero-order valence-corrected chi connectivity index (χ0v) is 17.5. The lowest BCUT2D eigenvalue weighted by molar-refractivity contribution is -0.139. The summed E-state index contributed by atoms with van der Waals surface area (Å²) >= 11 is 0. The molecule has 2 aromatic rings. The van der Waals surface area contributed by atoms with Crippen molar-refractivity contribution >= 4 is 17.8 Å². The SMILES string of the molecule is CCN(Cc1ccc(OC)c(F)c1)C(=O)CN1C(=O)NC2(CCc3ccccc32)C1=O. The summed E-state index contributed by atoms with van der Waals surface area (Å²) in [4.78, 5) is 41.3. The van der Waals surface area contributed by atoms with E-state index < -0.39 is 23.3 Å². The highest BCUT2D eigenvalue weighted by atomic mass is 19.1. The molecule has 0 radical (unpaired) electrons. The van der Waals surface area contributed by atoms with Gasteiger partial charge < -0.3 is 15.0 Å². The van der Waals surface area contributed by atoms with Gasteiger partial charge in [0, 0.05) is 13.1 Å². The number of nitrogens with one attached hydrogen (secondary N) is 1. The van der Waals surface area contributed by atoms with Crippen LogP contribution in [0.2, 0.25) is 0 Å². The number of fused-ring (bicyclic) bond motifs is 2. The molecule has 1 N–H and O–H groups in total. The summed E-state index contributed by atoms with van der Waals surface area (Å²) in [5, 5.41) is 2.82. The average Bonchev–Trinajstić information content (AvgIpc) is 3.25. The number of hydrogen-bond donors (Lipinski definition) is 1. The quantitative estimate of drug-likeness (QED) is 0.722. The molecule has 1 unspecified atom stereocenters. The molecule has 0 bridgehead atoms. The lowest BCUT2D eigenvalue weighted by Crippen LogP contribution is -2.44. The van der Waals surface area contributed by atoms with Gasteiger partial charge in [0.25, 0.3) is 5.91 Å². The number of carbonyl (C=O) groups excluding carboxylic acids is 3. The Bertz CT molecular complexity index is 1060. The van der Waals surface area contributed by atoms with Gasteiger partial charge in [-0.15, -0.1) is 0 Å². The standard InChI is InChI=1S/C23H24FN3O4/c1-3-26(13-15-8-9-19(31-2)18(24)12-15)20(28)14-27-21(29)23(25-22(27)30)11-10-16-6-4-5-7-17(16)23/h4-9,12H,3,10-11,13-14H2,1-2H3,(H,25,30). The topological polar surface area (TPSA) is 79.0 Å². The van der Waals surface area contributed by atoms with Crippen LogP contribution in [0, 0.1) is 5.82 Å². The average molecular weight is 425 g/mol. The van der Waals surface area contributed by atoms with Crippen molar-refractivity contribution in [1.82, 2.24) is 15.1 Å². The molecule has 0 aromatic heterocycles. The van der Waals surface area contributed by atoms with Crippen LogP contribution in [0.15, 0.2) is 42.5 Å². The molecule has 2 aliphatic rings.